The Morgan fingerprint density at radius 2 is 1.65 bits per heavy atom. The molecule has 0 bridgehead atoms. The lowest BCUT2D eigenvalue weighted by Gasteiger charge is -2.36. The van der Waals surface area contributed by atoms with Crippen LogP contribution < -0.4 is 21.1 Å². The summed E-state index contributed by atoms with van der Waals surface area (Å²) in [7, 11) is -7.58. The Labute approximate surface area is 290 Å². The van der Waals surface area contributed by atoms with Crippen LogP contribution in [-0.2, 0) is 46.3 Å². The van der Waals surface area contributed by atoms with Crippen LogP contribution in [-0.4, -0.2) is 91.9 Å². The van der Waals surface area contributed by atoms with Crippen molar-refractivity contribution in [1.29, 1.82) is 0 Å². The van der Waals surface area contributed by atoms with E-state index in [0.717, 1.165) is 0 Å². The molecular formula is C28H30F6N4O10S3. The molecule has 0 saturated carbocycles. The number of aromatic nitrogens is 1. The molecule has 1 atom stereocenters. The number of thiazole rings is 1. The zero-order chi connectivity index (χ0) is 38.4. The van der Waals surface area contributed by atoms with Gasteiger partial charge < -0.3 is 26.2 Å². The van der Waals surface area contributed by atoms with Crippen LogP contribution in [0.5, 0.6) is 5.75 Å². The molecule has 0 unspecified atom stereocenters. The van der Waals surface area contributed by atoms with Crippen molar-refractivity contribution in [1.82, 2.24) is 15.6 Å². The summed E-state index contributed by atoms with van der Waals surface area (Å²) in [6.45, 7) is -0.733. The lowest BCUT2D eigenvalue weighted by Crippen LogP contribution is -2.51. The van der Waals surface area contributed by atoms with Crippen molar-refractivity contribution >= 4 is 59.3 Å². The third kappa shape index (κ3) is 12.6. The summed E-state index contributed by atoms with van der Waals surface area (Å²) in [5.74, 6) is -8.31. The average Bonchev–Trinajstić information content (AvgIpc) is 3.43. The maximum Gasteiger partial charge on any atom is 0.490 e. The molecule has 282 valence electrons. The zero-order valence-electron chi connectivity index (χ0n) is 26.0. The summed E-state index contributed by atoms with van der Waals surface area (Å²) < 4.78 is 133. The van der Waals surface area contributed by atoms with E-state index in [2.05, 4.69) is 15.6 Å². The maximum absolute atomic E-state index is 14.1. The van der Waals surface area contributed by atoms with Gasteiger partial charge in [0.15, 0.2) is 28.1 Å². The van der Waals surface area contributed by atoms with Crippen molar-refractivity contribution in [3.05, 3.63) is 58.4 Å². The van der Waals surface area contributed by atoms with Gasteiger partial charge in [0.2, 0.25) is 5.91 Å². The number of amides is 2. The van der Waals surface area contributed by atoms with Crippen molar-refractivity contribution < 1.29 is 72.0 Å². The monoisotopic (exact) mass is 792 g/mol. The van der Waals surface area contributed by atoms with Gasteiger partial charge in [0.05, 0.1) is 33.0 Å². The van der Waals surface area contributed by atoms with E-state index in [0.29, 0.717) is 27.4 Å². The van der Waals surface area contributed by atoms with Crippen molar-refractivity contribution in [2.24, 2.45) is 5.73 Å². The first-order chi connectivity index (χ1) is 23.5. The third-order valence-corrected chi connectivity index (χ3v) is 10.7. The van der Waals surface area contributed by atoms with E-state index in [9.17, 15) is 52.8 Å². The first-order valence-electron chi connectivity index (χ1n) is 14.4. The summed E-state index contributed by atoms with van der Waals surface area (Å²) in [5.41, 5.74) is 5.20. The van der Waals surface area contributed by atoms with Gasteiger partial charge >= 0.3 is 12.1 Å². The van der Waals surface area contributed by atoms with Crippen LogP contribution in [0.4, 0.5) is 26.3 Å². The molecule has 2 heterocycles. The number of alkyl halides is 3. The van der Waals surface area contributed by atoms with Crippen molar-refractivity contribution in [3.8, 4) is 5.75 Å². The summed E-state index contributed by atoms with van der Waals surface area (Å²) >= 11 is 1.18. The predicted octanol–water partition coefficient (Wildman–Crippen LogP) is 2.21. The number of aliphatic carboxylic acids is 1. The molecule has 2 aromatic carbocycles. The fourth-order valence-corrected chi connectivity index (χ4v) is 7.71. The number of hydrogen-bond donors (Lipinski definition) is 5. The van der Waals surface area contributed by atoms with Crippen LogP contribution >= 0.6 is 11.3 Å². The normalized spacial score (nSPS) is 16.0. The van der Waals surface area contributed by atoms with Gasteiger partial charge in [-0.15, -0.1) is 11.3 Å². The second-order valence-corrected chi connectivity index (χ2v) is 16.1. The summed E-state index contributed by atoms with van der Waals surface area (Å²) in [4.78, 5) is 38.6. The first kappa shape index (κ1) is 41.4. The van der Waals surface area contributed by atoms with Crippen LogP contribution in [0.15, 0.2) is 30.3 Å². The largest absolute Gasteiger partial charge is 0.490 e. The van der Waals surface area contributed by atoms with Gasteiger partial charge in [-0.3, -0.25) is 14.1 Å². The number of fused-ring (bicyclic) bond motifs is 1. The van der Waals surface area contributed by atoms with Crippen LogP contribution in [0.2, 0.25) is 0 Å². The third-order valence-electron chi connectivity index (χ3n) is 7.14. The average molecular weight is 793 g/mol. The predicted molar refractivity (Wildman–Crippen MR) is 169 cm³/mol. The number of hydrogen-bond acceptors (Lipinski definition) is 11. The van der Waals surface area contributed by atoms with E-state index in [4.69, 9.17) is 24.9 Å². The molecule has 0 spiro atoms. The highest BCUT2D eigenvalue weighted by Crippen LogP contribution is 2.39. The van der Waals surface area contributed by atoms with Crippen molar-refractivity contribution in [2.45, 2.75) is 43.4 Å². The number of rotatable bonds is 12. The Hall–Kier alpha value is -4.06. The number of nitrogens with two attached hydrogens (primary N) is 1. The molecule has 2 amide bonds. The van der Waals surface area contributed by atoms with E-state index in [1.165, 1.54) is 11.3 Å². The van der Waals surface area contributed by atoms with Crippen LogP contribution in [0.1, 0.15) is 29.8 Å². The van der Waals surface area contributed by atoms with Crippen LogP contribution in [0, 0.1) is 17.5 Å². The molecule has 1 fully saturated rings. The van der Waals surface area contributed by atoms with Gasteiger partial charge in [0.1, 0.15) is 16.6 Å². The quantitative estimate of drug-likeness (QED) is 0.101. The molecule has 23 heteroatoms. The zero-order valence-corrected chi connectivity index (χ0v) is 28.5. The molecular weight excluding hydrogens is 763 g/mol. The minimum absolute atomic E-state index is 0.0288. The summed E-state index contributed by atoms with van der Waals surface area (Å²) in [6, 6.07) is 4.89. The second-order valence-electron chi connectivity index (χ2n) is 11.2. The van der Waals surface area contributed by atoms with Crippen LogP contribution in [0.25, 0.3) is 10.2 Å². The van der Waals surface area contributed by atoms with E-state index < -0.39 is 85.3 Å². The molecule has 1 aliphatic rings. The smallest absolute Gasteiger partial charge is 0.484 e. The van der Waals surface area contributed by atoms with Gasteiger partial charge in [0.25, 0.3) is 16.0 Å². The Morgan fingerprint density at radius 1 is 1.04 bits per heavy atom. The number of carboxylic acids is 1. The number of sulfone groups is 1. The number of nitrogens with one attached hydrogen (secondary N) is 2. The van der Waals surface area contributed by atoms with Gasteiger partial charge in [-0.05, 0) is 49.1 Å². The van der Waals surface area contributed by atoms with Crippen molar-refractivity contribution in [3.63, 3.8) is 0 Å². The second kappa shape index (κ2) is 16.5. The SMILES string of the molecule is N[C@@H](CC(=O)NC1(c2nc3ccc(OCC(=O)NCCS(=O)(=O)O)cc3s2)CCS(=O)(=O)CC1)Cc1cc(F)c(F)cc1F.O=C(O)C(F)(F)F. The van der Waals surface area contributed by atoms with Gasteiger partial charge in [-0.1, -0.05) is 0 Å². The molecule has 0 radical (unpaired) electrons. The fourth-order valence-electron chi connectivity index (χ4n) is 4.63. The molecule has 4 rings (SSSR count). The lowest BCUT2D eigenvalue weighted by atomic mass is 9.92. The number of halogens is 6. The Morgan fingerprint density at radius 3 is 2.24 bits per heavy atom. The highest BCUT2D eigenvalue weighted by Gasteiger charge is 2.43. The Balaban J connectivity index is 0.000000908. The molecule has 0 aliphatic carbocycles. The van der Waals surface area contributed by atoms with Gasteiger partial charge in [-0.25, -0.2) is 31.4 Å². The molecule has 6 N–H and O–H groups in total. The van der Waals surface area contributed by atoms with Gasteiger partial charge in [-0.2, -0.15) is 21.6 Å². The molecule has 1 saturated heterocycles. The van der Waals surface area contributed by atoms with Gasteiger partial charge in [0, 0.05) is 25.1 Å². The highest BCUT2D eigenvalue weighted by molar-refractivity contribution is 7.91. The number of benzene rings is 2. The number of nitrogens with zero attached hydrogens (tertiary/aromatic N) is 1. The fraction of sp³-hybridized carbons (Fsp3) is 0.429. The lowest BCUT2D eigenvalue weighted by molar-refractivity contribution is -0.192. The minimum atomic E-state index is -5.08. The number of carbonyl (C=O) groups is 3. The van der Waals surface area contributed by atoms with E-state index in [-0.39, 0.29) is 55.0 Å². The summed E-state index contributed by atoms with van der Waals surface area (Å²) in [6.07, 6.45) is -5.59. The molecule has 3 aromatic rings. The molecule has 14 nitrogen and oxygen atoms in total. The van der Waals surface area contributed by atoms with E-state index >= 15 is 0 Å². The van der Waals surface area contributed by atoms with E-state index in [1.54, 1.807) is 18.2 Å². The Kier molecular flexibility index (Phi) is 13.4. The van der Waals surface area contributed by atoms with Crippen LogP contribution in [0.3, 0.4) is 0 Å². The number of ether oxygens (including phenoxy) is 1. The van der Waals surface area contributed by atoms with Crippen molar-refractivity contribution in [2.75, 3.05) is 30.4 Å². The summed E-state index contributed by atoms with van der Waals surface area (Å²) in [5, 5.41) is 12.7. The Bertz CT molecular complexity index is 1980. The number of carboxylic acid groups (broad SMARTS) is 1. The minimum Gasteiger partial charge on any atom is -0.484 e. The maximum atomic E-state index is 14.1. The first-order valence-corrected chi connectivity index (χ1v) is 18.7. The van der Waals surface area contributed by atoms with E-state index in [1.807, 2.05) is 0 Å². The molecule has 51 heavy (non-hydrogen) atoms. The molecule has 1 aliphatic heterocycles. The highest BCUT2D eigenvalue weighted by atomic mass is 32.2. The number of carbonyl (C=O) groups excluding carboxylic acids is 2. The molecule has 1 aromatic heterocycles. The standard InChI is InChI=1S/C26H29F3N4O8S3.C2HF3O2/c27-18-13-20(29)19(28)10-15(18)9-16(30)11-23(34)33-26(3-6-43(36,37)7-4-26)25-32-21-2-1-17(12-22(21)42-25)41-14-24(35)31-5-8-44(38,39)40;3-2(4,5)1(6)7/h1-2,10,12-13,16H,3-9,11,14,30H2,(H,31,35)(H,33,34)(H,38,39,40);(H,6,7)/t16-;/m1./s1. The topological polar surface area (TPSA) is 232 Å².